The molecule has 1 aliphatic rings. The zero-order valence-corrected chi connectivity index (χ0v) is 8.43. The molecule has 0 spiro atoms. The quantitative estimate of drug-likeness (QED) is 0.793. The summed E-state index contributed by atoms with van der Waals surface area (Å²) in [5.41, 5.74) is 0. The molecule has 1 saturated heterocycles. The van der Waals surface area contributed by atoms with Crippen LogP contribution in [0, 0.1) is 0 Å². The van der Waals surface area contributed by atoms with E-state index in [0.717, 1.165) is 25.4 Å². The number of nitrogens with zero attached hydrogens (tertiary/aromatic N) is 2. The average molecular weight is 210 g/mol. The second-order valence-corrected chi connectivity index (χ2v) is 3.63. The first-order chi connectivity index (χ1) is 7.25. The summed E-state index contributed by atoms with van der Waals surface area (Å²) in [6.07, 6.45) is 0.829. The van der Waals surface area contributed by atoms with Crippen molar-refractivity contribution in [1.82, 2.24) is 9.80 Å². The zero-order chi connectivity index (χ0) is 10.7. The van der Waals surface area contributed by atoms with E-state index in [4.69, 9.17) is 9.52 Å². The van der Waals surface area contributed by atoms with Gasteiger partial charge in [0, 0.05) is 26.2 Å². The molecular formula is C10H14N2O3. The van der Waals surface area contributed by atoms with E-state index in [1.807, 2.05) is 12.1 Å². The van der Waals surface area contributed by atoms with Crippen LogP contribution in [0.1, 0.15) is 5.76 Å². The molecule has 1 N–H and O–H groups in total. The van der Waals surface area contributed by atoms with Crippen molar-refractivity contribution in [2.45, 2.75) is 6.54 Å². The Morgan fingerprint density at radius 3 is 2.67 bits per heavy atom. The van der Waals surface area contributed by atoms with E-state index in [1.54, 1.807) is 6.26 Å². The number of piperazine rings is 1. The van der Waals surface area contributed by atoms with E-state index in [0.29, 0.717) is 13.1 Å². The normalized spacial score (nSPS) is 18.0. The number of hydrogen-bond donors (Lipinski definition) is 1. The van der Waals surface area contributed by atoms with Crippen LogP contribution in [0.15, 0.2) is 22.8 Å². The number of furan rings is 1. The Bertz CT molecular complexity index is 315. The minimum Gasteiger partial charge on any atom is -0.468 e. The Morgan fingerprint density at radius 1 is 1.40 bits per heavy atom. The fourth-order valence-corrected chi connectivity index (χ4v) is 1.72. The lowest BCUT2D eigenvalue weighted by Gasteiger charge is -2.32. The van der Waals surface area contributed by atoms with E-state index in [1.165, 1.54) is 4.90 Å². The summed E-state index contributed by atoms with van der Waals surface area (Å²) in [5.74, 6) is 0.929. The zero-order valence-electron chi connectivity index (χ0n) is 8.43. The van der Waals surface area contributed by atoms with E-state index in [9.17, 15) is 4.79 Å². The first-order valence-electron chi connectivity index (χ1n) is 4.98. The van der Waals surface area contributed by atoms with Crippen LogP contribution in [0.4, 0.5) is 4.79 Å². The molecule has 2 heterocycles. The summed E-state index contributed by atoms with van der Waals surface area (Å²) in [6.45, 7) is 3.46. The van der Waals surface area contributed by atoms with Crippen molar-refractivity contribution < 1.29 is 14.3 Å². The predicted molar refractivity (Wildman–Crippen MR) is 53.6 cm³/mol. The molecule has 0 radical (unpaired) electrons. The van der Waals surface area contributed by atoms with Crippen LogP contribution < -0.4 is 0 Å². The summed E-state index contributed by atoms with van der Waals surface area (Å²) in [5, 5.41) is 8.77. The van der Waals surface area contributed by atoms with Crippen molar-refractivity contribution in [3.8, 4) is 0 Å². The monoisotopic (exact) mass is 210 g/mol. The smallest absolute Gasteiger partial charge is 0.407 e. The highest BCUT2D eigenvalue weighted by Crippen LogP contribution is 2.08. The fraction of sp³-hybridized carbons (Fsp3) is 0.500. The van der Waals surface area contributed by atoms with Gasteiger partial charge in [0.25, 0.3) is 0 Å². The molecule has 1 aromatic heterocycles. The molecule has 0 aromatic carbocycles. The van der Waals surface area contributed by atoms with Crippen LogP contribution in [-0.2, 0) is 6.54 Å². The molecular weight excluding hydrogens is 196 g/mol. The minimum absolute atomic E-state index is 0.579. The third kappa shape index (κ3) is 2.50. The van der Waals surface area contributed by atoms with E-state index < -0.39 is 6.09 Å². The van der Waals surface area contributed by atoms with Crippen molar-refractivity contribution >= 4 is 6.09 Å². The lowest BCUT2D eigenvalue weighted by atomic mass is 10.3. The molecule has 15 heavy (non-hydrogen) atoms. The average Bonchev–Trinajstić information content (AvgIpc) is 2.71. The minimum atomic E-state index is -0.826. The fourth-order valence-electron chi connectivity index (χ4n) is 1.72. The Hall–Kier alpha value is -1.49. The largest absolute Gasteiger partial charge is 0.468 e. The van der Waals surface area contributed by atoms with Gasteiger partial charge in [-0.05, 0) is 12.1 Å². The van der Waals surface area contributed by atoms with Gasteiger partial charge in [0.1, 0.15) is 5.76 Å². The molecule has 82 valence electrons. The van der Waals surface area contributed by atoms with Gasteiger partial charge in [-0.15, -0.1) is 0 Å². The summed E-state index contributed by atoms with van der Waals surface area (Å²) >= 11 is 0. The number of carbonyl (C=O) groups is 1. The summed E-state index contributed by atoms with van der Waals surface area (Å²) < 4.78 is 5.24. The Balaban J connectivity index is 1.81. The third-order valence-corrected chi connectivity index (χ3v) is 2.60. The van der Waals surface area contributed by atoms with Gasteiger partial charge in [0.15, 0.2) is 0 Å². The second kappa shape index (κ2) is 4.35. The maximum absolute atomic E-state index is 10.7. The predicted octanol–water partition coefficient (Wildman–Crippen LogP) is 1.08. The van der Waals surface area contributed by atoms with Crippen molar-refractivity contribution in [1.29, 1.82) is 0 Å². The van der Waals surface area contributed by atoms with Gasteiger partial charge in [-0.3, -0.25) is 4.90 Å². The molecule has 0 unspecified atom stereocenters. The number of hydrogen-bond acceptors (Lipinski definition) is 3. The second-order valence-electron chi connectivity index (χ2n) is 3.63. The number of carboxylic acid groups (broad SMARTS) is 1. The highest BCUT2D eigenvalue weighted by atomic mass is 16.4. The van der Waals surface area contributed by atoms with Crippen LogP contribution in [0.25, 0.3) is 0 Å². The third-order valence-electron chi connectivity index (χ3n) is 2.60. The van der Waals surface area contributed by atoms with Gasteiger partial charge < -0.3 is 14.4 Å². The van der Waals surface area contributed by atoms with Crippen molar-refractivity contribution in [2.75, 3.05) is 26.2 Å². The standard InChI is InChI=1S/C10H14N2O3/c13-10(14)12-5-3-11(4-6-12)8-9-2-1-7-15-9/h1-2,7H,3-6,8H2,(H,13,14). The molecule has 2 rings (SSSR count). The maximum Gasteiger partial charge on any atom is 0.407 e. The molecule has 0 saturated carbocycles. The van der Waals surface area contributed by atoms with Crippen LogP contribution in [-0.4, -0.2) is 47.2 Å². The Labute approximate surface area is 87.9 Å². The van der Waals surface area contributed by atoms with Gasteiger partial charge in [0.2, 0.25) is 0 Å². The first-order valence-corrected chi connectivity index (χ1v) is 4.98. The van der Waals surface area contributed by atoms with E-state index >= 15 is 0 Å². The van der Waals surface area contributed by atoms with Crippen LogP contribution in [0.3, 0.4) is 0 Å². The highest BCUT2D eigenvalue weighted by Gasteiger charge is 2.20. The molecule has 1 aromatic rings. The SMILES string of the molecule is O=C(O)N1CCN(Cc2ccco2)CC1. The molecule has 0 atom stereocenters. The van der Waals surface area contributed by atoms with Crippen LogP contribution in [0.5, 0.6) is 0 Å². The molecule has 5 nitrogen and oxygen atoms in total. The topological polar surface area (TPSA) is 56.9 Å². The van der Waals surface area contributed by atoms with Gasteiger partial charge >= 0.3 is 6.09 Å². The Kier molecular flexibility index (Phi) is 2.91. The highest BCUT2D eigenvalue weighted by molar-refractivity contribution is 5.65. The van der Waals surface area contributed by atoms with Gasteiger partial charge in [-0.25, -0.2) is 4.79 Å². The van der Waals surface area contributed by atoms with Gasteiger partial charge in [-0.1, -0.05) is 0 Å². The molecule has 0 aliphatic carbocycles. The van der Waals surface area contributed by atoms with Crippen molar-refractivity contribution in [2.24, 2.45) is 0 Å². The summed E-state index contributed by atoms with van der Waals surface area (Å²) in [4.78, 5) is 14.3. The van der Waals surface area contributed by atoms with Gasteiger partial charge in [-0.2, -0.15) is 0 Å². The van der Waals surface area contributed by atoms with Crippen LogP contribution in [0.2, 0.25) is 0 Å². The molecule has 5 heteroatoms. The lowest BCUT2D eigenvalue weighted by Crippen LogP contribution is -2.47. The molecule has 1 fully saturated rings. The van der Waals surface area contributed by atoms with Gasteiger partial charge in [0.05, 0.1) is 12.8 Å². The molecule has 1 amide bonds. The number of rotatable bonds is 2. The summed E-state index contributed by atoms with van der Waals surface area (Å²) in [6, 6.07) is 3.80. The lowest BCUT2D eigenvalue weighted by molar-refractivity contribution is 0.0998. The van der Waals surface area contributed by atoms with Crippen molar-refractivity contribution in [3.63, 3.8) is 0 Å². The van der Waals surface area contributed by atoms with Crippen LogP contribution >= 0.6 is 0 Å². The van der Waals surface area contributed by atoms with E-state index in [2.05, 4.69) is 4.90 Å². The number of amides is 1. The van der Waals surface area contributed by atoms with E-state index in [-0.39, 0.29) is 0 Å². The molecule has 0 bridgehead atoms. The molecule has 1 aliphatic heterocycles. The maximum atomic E-state index is 10.7. The van der Waals surface area contributed by atoms with Crippen molar-refractivity contribution in [3.05, 3.63) is 24.2 Å². The Morgan fingerprint density at radius 2 is 2.13 bits per heavy atom. The summed E-state index contributed by atoms with van der Waals surface area (Å²) in [7, 11) is 0. The first kappa shape index (κ1) is 10.0.